The van der Waals surface area contributed by atoms with Crippen LogP contribution in [0.25, 0.3) is 0 Å². The third kappa shape index (κ3) is 3.66. The highest BCUT2D eigenvalue weighted by atomic mass is 32.2. The quantitative estimate of drug-likeness (QED) is 0.817. The van der Waals surface area contributed by atoms with E-state index in [1.54, 1.807) is 27.0 Å². The van der Waals surface area contributed by atoms with E-state index in [1.165, 1.54) is 19.3 Å². The number of hydrogen-bond donors (Lipinski definition) is 2. The van der Waals surface area contributed by atoms with Gasteiger partial charge in [0.15, 0.2) is 0 Å². The molecule has 18 heavy (non-hydrogen) atoms. The first-order chi connectivity index (χ1) is 8.16. The fourth-order valence-corrected chi connectivity index (χ4v) is 2.76. The molecule has 0 aliphatic carbocycles. The van der Waals surface area contributed by atoms with Crippen molar-refractivity contribution in [3.8, 4) is 0 Å². The SMILES string of the molecule is CNc1ccc(S(=O)(=O)N(C)CC(C)(C)O)cn1. The summed E-state index contributed by atoms with van der Waals surface area (Å²) in [4.78, 5) is 4.07. The van der Waals surface area contributed by atoms with Crippen molar-refractivity contribution < 1.29 is 13.5 Å². The Balaban J connectivity index is 2.98. The maximum absolute atomic E-state index is 12.2. The summed E-state index contributed by atoms with van der Waals surface area (Å²) in [6.07, 6.45) is 1.29. The van der Waals surface area contributed by atoms with Crippen molar-refractivity contribution in [3.05, 3.63) is 18.3 Å². The summed E-state index contributed by atoms with van der Waals surface area (Å²) >= 11 is 0. The third-order valence-electron chi connectivity index (χ3n) is 2.31. The number of nitrogens with one attached hydrogen (secondary N) is 1. The zero-order valence-electron chi connectivity index (χ0n) is 11.0. The van der Waals surface area contributed by atoms with Gasteiger partial charge in [0.2, 0.25) is 10.0 Å². The van der Waals surface area contributed by atoms with Crippen LogP contribution < -0.4 is 5.32 Å². The first kappa shape index (κ1) is 14.9. The number of aromatic nitrogens is 1. The lowest BCUT2D eigenvalue weighted by Crippen LogP contribution is -2.39. The molecule has 6 nitrogen and oxygen atoms in total. The Hall–Kier alpha value is -1.18. The Labute approximate surface area is 108 Å². The minimum atomic E-state index is -3.61. The topological polar surface area (TPSA) is 82.5 Å². The Morgan fingerprint density at radius 3 is 2.44 bits per heavy atom. The van der Waals surface area contributed by atoms with Crippen LogP contribution in [0.1, 0.15) is 13.8 Å². The maximum atomic E-state index is 12.2. The van der Waals surface area contributed by atoms with Crippen LogP contribution in [-0.4, -0.2) is 49.1 Å². The summed E-state index contributed by atoms with van der Waals surface area (Å²) in [5.74, 6) is 0.596. The zero-order valence-corrected chi connectivity index (χ0v) is 11.8. The van der Waals surface area contributed by atoms with Crippen LogP contribution in [0, 0.1) is 0 Å². The number of pyridine rings is 1. The zero-order chi connectivity index (χ0) is 14.0. The molecular formula is C11H19N3O3S. The summed E-state index contributed by atoms with van der Waals surface area (Å²) in [7, 11) is -0.479. The second-order valence-electron chi connectivity index (χ2n) is 4.70. The van der Waals surface area contributed by atoms with E-state index >= 15 is 0 Å². The fraction of sp³-hybridized carbons (Fsp3) is 0.545. The van der Waals surface area contributed by atoms with E-state index in [9.17, 15) is 13.5 Å². The molecule has 1 aromatic heterocycles. The standard InChI is InChI=1S/C11H19N3O3S/c1-11(2,15)8-14(4)18(16,17)9-5-6-10(12-3)13-7-9/h5-7,15H,8H2,1-4H3,(H,12,13). The van der Waals surface area contributed by atoms with Gasteiger partial charge in [-0.2, -0.15) is 4.31 Å². The first-order valence-corrected chi connectivity index (χ1v) is 6.93. The molecule has 0 aliphatic rings. The first-order valence-electron chi connectivity index (χ1n) is 5.49. The molecule has 7 heteroatoms. The second kappa shape index (κ2) is 5.21. The van der Waals surface area contributed by atoms with Gasteiger partial charge in [0, 0.05) is 26.8 Å². The molecule has 1 heterocycles. The molecule has 0 amide bonds. The van der Waals surface area contributed by atoms with Crippen LogP contribution in [0.4, 0.5) is 5.82 Å². The number of aliphatic hydroxyl groups is 1. The average Bonchev–Trinajstić information content (AvgIpc) is 2.27. The van der Waals surface area contributed by atoms with Gasteiger partial charge in [-0.05, 0) is 26.0 Å². The van der Waals surface area contributed by atoms with Crippen molar-refractivity contribution >= 4 is 15.8 Å². The Morgan fingerprint density at radius 1 is 1.44 bits per heavy atom. The van der Waals surface area contributed by atoms with Crippen LogP contribution in [0.15, 0.2) is 23.2 Å². The molecule has 1 aromatic rings. The largest absolute Gasteiger partial charge is 0.389 e. The fourth-order valence-electron chi connectivity index (χ4n) is 1.49. The number of hydrogen-bond acceptors (Lipinski definition) is 5. The van der Waals surface area contributed by atoms with Gasteiger partial charge in [-0.3, -0.25) is 0 Å². The molecular weight excluding hydrogens is 254 g/mol. The number of nitrogens with zero attached hydrogens (tertiary/aromatic N) is 2. The van der Waals surface area contributed by atoms with Crippen molar-refractivity contribution in [2.75, 3.05) is 26.0 Å². The molecule has 2 N–H and O–H groups in total. The van der Waals surface area contributed by atoms with E-state index in [-0.39, 0.29) is 11.4 Å². The van der Waals surface area contributed by atoms with Gasteiger partial charge in [0.05, 0.1) is 5.60 Å². The summed E-state index contributed by atoms with van der Waals surface area (Å²) in [5.41, 5.74) is -1.08. The molecule has 0 unspecified atom stereocenters. The van der Waals surface area contributed by atoms with E-state index in [0.29, 0.717) is 5.82 Å². The average molecular weight is 273 g/mol. The lowest BCUT2D eigenvalue weighted by Gasteiger charge is -2.24. The molecule has 0 aliphatic heterocycles. The molecule has 1 rings (SSSR count). The normalized spacial score (nSPS) is 12.8. The van der Waals surface area contributed by atoms with Gasteiger partial charge < -0.3 is 10.4 Å². The highest BCUT2D eigenvalue weighted by Crippen LogP contribution is 2.17. The van der Waals surface area contributed by atoms with Crippen LogP contribution >= 0.6 is 0 Å². The van der Waals surface area contributed by atoms with Crippen molar-refractivity contribution in [2.24, 2.45) is 0 Å². The summed E-state index contributed by atoms with van der Waals surface area (Å²) < 4.78 is 25.4. The summed E-state index contributed by atoms with van der Waals surface area (Å²) in [6, 6.07) is 3.07. The number of likely N-dealkylation sites (N-methyl/N-ethyl adjacent to an activating group) is 1. The van der Waals surface area contributed by atoms with Crippen LogP contribution in [0.3, 0.4) is 0 Å². The molecule has 0 fully saturated rings. The second-order valence-corrected chi connectivity index (χ2v) is 6.75. The van der Waals surface area contributed by atoms with Crippen LogP contribution in [0.2, 0.25) is 0 Å². The van der Waals surface area contributed by atoms with Gasteiger partial charge >= 0.3 is 0 Å². The Kier molecular flexibility index (Phi) is 4.31. The van der Waals surface area contributed by atoms with Crippen LogP contribution in [-0.2, 0) is 10.0 Å². The molecule has 102 valence electrons. The molecule has 0 saturated heterocycles. The highest BCUT2D eigenvalue weighted by molar-refractivity contribution is 7.89. The van der Waals surface area contributed by atoms with Crippen molar-refractivity contribution in [3.63, 3.8) is 0 Å². The Bertz CT molecular complexity index is 491. The van der Waals surface area contributed by atoms with Crippen molar-refractivity contribution in [1.29, 1.82) is 0 Å². The number of rotatable bonds is 5. The van der Waals surface area contributed by atoms with E-state index in [4.69, 9.17) is 0 Å². The minimum Gasteiger partial charge on any atom is -0.389 e. The summed E-state index contributed by atoms with van der Waals surface area (Å²) in [5, 5.41) is 12.5. The van der Waals surface area contributed by atoms with Gasteiger partial charge in [-0.25, -0.2) is 13.4 Å². The smallest absolute Gasteiger partial charge is 0.244 e. The molecule has 0 spiro atoms. The summed E-state index contributed by atoms with van der Waals surface area (Å²) in [6.45, 7) is 3.13. The molecule has 0 radical (unpaired) electrons. The highest BCUT2D eigenvalue weighted by Gasteiger charge is 2.26. The van der Waals surface area contributed by atoms with Crippen molar-refractivity contribution in [1.82, 2.24) is 9.29 Å². The van der Waals surface area contributed by atoms with E-state index in [2.05, 4.69) is 10.3 Å². The Morgan fingerprint density at radius 2 is 2.06 bits per heavy atom. The predicted octanol–water partition coefficient (Wildman–Crippen LogP) is 0.515. The van der Waals surface area contributed by atoms with Crippen molar-refractivity contribution in [2.45, 2.75) is 24.3 Å². The van der Waals surface area contributed by atoms with E-state index in [1.807, 2.05) is 0 Å². The van der Waals surface area contributed by atoms with Gasteiger partial charge in [-0.1, -0.05) is 0 Å². The maximum Gasteiger partial charge on any atom is 0.244 e. The van der Waals surface area contributed by atoms with Gasteiger partial charge in [-0.15, -0.1) is 0 Å². The minimum absolute atomic E-state index is 0.0170. The number of anilines is 1. The number of sulfonamides is 1. The molecule has 0 aromatic carbocycles. The van der Waals surface area contributed by atoms with E-state index < -0.39 is 15.6 Å². The van der Waals surface area contributed by atoms with Gasteiger partial charge in [0.1, 0.15) is 10.7 Å². The van der Waals surface area contributed by atoms with Crippen LogP contribution in [0.5, 0.6) is 0 Å². The lowest BCUT2D eigenvalue weighted by molar-refractivity contribution is 0.0640. The molecule has 0 saturated carbocycles. The predicted molar refractivity (Wildman–Crippen MR) is 69.9 cm³/mol. The lowest BCUT2D eigenvalue weighted by atomic mass is 10.1. The van der Waals surface area contributed by atoms with Gasteiger partial charge in [0.25, 0.3) is 0 Å². The monoisotopic (exact) mass is 273 g/mol. The molecule has 0 bridgehead atoms. The third-order valence-corrected chi connectivity index (χ3v) is 4.10. The molecule has 0 atom stereocenters. The van der Waals surface area contributed by atoms with E-state index in [0.717, 1.165) is 4.31 Å².